The van der Waals surface area contributed by atoms with Gasteiger partial charge in [-0.25, -0.2) is 0 Å². The molecule has 2 N–H and O–H groups in total. The van der Waals surface area contributed by atoms with E-state index in [1.165, 1.54) is 6.42 Å². The minimum atomic E-state index is 0. The molecule has 2 aliphatic rings. The van der Waals surface area contributed by atoms with Gasteiger partial charge >= 0.3 is 0 Å². The molecule has 0 spiro atoms. The second-order valence-electron chi connectivity index (χ2n) is 6.00. The Bertz CT molecular complexity index is 374. The summed E-state index contributed by atoms with van der Waals surface area (Å²) < 4.78 is 4.90. The lowest BCUT2D eigenvalue weighted by atomic mass is 10.1. The van der Waals surface area contributed by atoms with Crippen LogP contribution in [0.15, 0.2) is 0 Å². The average molecular weight is 385 g/mol. The van der Waals surface area contributed by atoms with Crippen molar-refractivity contribution in [2.24, 2.45) is 0 Å². The molecular formula is C15H30Cl2N4O3. The van der Waals surface area contributed by atoms with Gasteiger partial charge in [0.05, 0.1) is 13.2 Å². The van der Waals surface area contributed by atoms with Crippen molar-refractivity contribution in [2.45, 2.75) is 25.3 Å². The van der Waals surface area contributed by atoms with E-state index in [0.717, 1.165) is 39.1 Å². The molecule has 0 aromatic rings. The molecule has 2 aliphatic heterocycles. The number of carbonyl (C=O) groups excluding carboxylic acids is 2. The second kappa shape index (κ2) is 12.7. The summed E-state index contributed by atoms with van der Waals surface area (Å²) >= 11 is 0. The highest BCUT2D eigenvalue weighted by molar-refractivity contribution is 5.85. The number of hydrogen-bond acceptors (Lipinski definition) is 5. The van der Waals surface area contributed by atoms with Gasteiger partial charge in [0.2, 0.25) is 11.8 Å². The SMILES string of the molecule is COCCNC(=O)CN1CCN(C(=O)CC2CCCN2)CC1.Cl.Cl. The first kappa shape index (κ1) is 23.4. The Morgan fingerprint density at radius 1 is 1.21 bits per heavy atom. The number of ether oxygens (including phenoxy) is 1. The average Bonchev–Trinajstić information content (AvgIpc) is 3.01. The van der Waals surface area contributed by atoms with Crippen molar-refractivity contribution in [1.29, 1.82) is 0 Å². The van der Waals surface area contributed by atoms with Crippen LogP contribution in [0.1, 0.15) is 19.3 Å². The minimum Gasteiger partial charge on any atom is -0.383 e. The van der Waals surface area contributed by atoms with Gasteiger partial charge in [-0.2, -0.15) is 0 Å². The molecule has 2 amide bonds. The molecule has 142 valence electrons. The number of carbonyl (C=O) groups is 2. The van der Waals surface area contributed by atoms with Crippen LogP contribution in [-0.2, 0) is 14.3 Å². The quantitative estimate of drug-likeness (QED) is 0.598. The summed E-state index contributed by atoms with van der Waals surface area (Å²) in [6, 6.07) is 0.358. The summed E-state index contributed by atoms with van der Waals surface area (Å²) in [7, 11) is 1.61. The van der Waals surface area contributed by atoms with Gasteiger partial charge in [0.25, 0.3) is 0 Å². The molecule has 0 aromatic heterocycles. The predicted octanol–water partition coefficient (Wildman–Crippen LogP) is -0.121. The summed E-state index contributed by atoms with van der Waals surface area (Å²) in [5, 5.41) is 6.18. The second-order valence-corrected chi connectivity index (χ2v) is 6.00. The van der Waals surface area contributed by atoms with E-state index in [0.29, 0.717) is 32.2 Å². The topological polar surface area (TPSA) is 73.9 Å². The van der Waals surface area contributed by atoms with Crippen LogP contribution in [0.4, 0.5) is 0 Å². The molecule has 0 aromatic carbocycles. The molecule has 7 nitrogen and oxygen atoms in total. The van der Waals surface area contributed by atoms with Gasteiger partial charge < -0.3 is 20.3 Å². The summed E-state index contributed by atoms with van der Waals surface area (Å²) in [5.74, 6) is 0.260. The number of amides is 2. The van der Waals surface area contributed by atoms with E-state index < -0.39 is 0 Å². The maximum absolute atomic E-state index is 12.2. The van der Waals surface area contributed by atoms with E-state index in [1.807, 2.05) is 4.90 Å². The Kier molecular flexibility index (Phi) is 12.4. The summed E-state index contributed by atoms with van der Waals surface area (Å²) in [6.45, 7) is 5.47. The van der Waals surface area contributed by atoms with E-state index in [-0.39, 0.29) is 36.6 Å². The van der Waals surface area contributed by atoms with E-state index in [1.54, 1.807) is 7.11 Å². The summed E-state index contributed by atoms with van der Waals surface area (Å²) in [6.07, 6.45) is 2.88. The fraction of sp³-hybridized carbons (Fsp3) is 0.867. The smallest absolute Gasteiger partial charge is 0.234 e. The van der Waals surface area contributed by atoms with Crippen LogP contribution in [0.25, 0.3) is 0 Å². The lowest BCUT2D eigenvalue weighted by molar-refractivity contribution is -0.133. The number of halogens is 2. The number of hydrogen-bond donors (Lipinski definition) is 2. The van der Waals surface area contributed by atoms with Crippen LogP contribution in [0.5, 0.6) is 0 Å². The van der Waals surface area contributed by atoms with Gasteiger partial charge in [0.1, 0.15) is 0 Å². The normalized spacial score (nSPS) is 20.9. The van der Waals surface area contributed by atoms with E-state index in [2.05, 4.69) is 15.5 Å². The molecule has 1 unspecified atom stereocenters. The van der Waals surface area contributed by atoms with Crippen molar-refractivity contribution in [3.63, 3.8) is 0 Å². The summed E-state index contributed by atoms with van der Waals surface area (Å²) in [4.78, 5) is 28.0. The van der Waals surface area contributed by atoms with E-state index >= 15 is 0 Å². The molecule has 0 aliphatic carbocycles. The minimum absolute atomic E-state index is 0. The maximum Gasteiger partial charge on any atom is 0.234 e. The number of methoxy groups -OCH3 is 1. The van der Waals surface area contributed by atoms with Gasteiger partial charge in [0, 0.05) is 52.3 Å². The monoisotopic (exact) mass is 384 g/mol. The fourth-order valence-electron chi connectivity index (χ4n) is 2.98. The zero-order chi connectivity index (χ0) is 15.8. The molecule has 0 bridgehead atoms. The third-order valence-electron chi connectivity index (χ3n) is 4.30. The van der Waals surface area contributed by atoms with Gasteiger partial charge in [0.15, 0.2) is 0 Å². The molecule has 1 atom stereocenters. The standard InChI is InChI=1S/C15H28N4O3.2ClH/c1-22-10-5-17-14(20)12-18-6-8-19(9-7-18)15(21)11-13-3-2-4-16-13;;/h13,16H,2-12H2,1H3,(H,17,20);2*1H. The van der Waals surface area contributed by atoms with Crippen LogP contribution in [-0.4, -0.2) is 87.2 Å². The van der Waals surface area contributed by atoms with Crippen molar-refractivity contribution in [2.75, 3.05) is 59.5 Å². The van der Waals surface area contributed by atoms with Gasteiger partial charge in [-0.1, -0.05) is 0 Å². The van der Waals surface area contributed by atoms with Crippen LogP contribution < -0.4 is 10.6 Å². The first-order chi connectivity index (χ1) is 10.7. The van der Waals surface area contributed by atoms with Crippen LogP contribution in [0.2, 0.25) is 0 Å². The Hall–Kier alpha value is -0.600. The van der Waals surface area contributed by atoms with Crippen molar-refractivity contribution >= 4 is 36.6 Å². The van der Waals surface area contributed by atoms with Crippen LogP contribution >= 0.6 is 24.8 Å². The van der Waals surface area contributed by atoms with Crippen LogP contribution in [0, 0.1) is 0 Å². The molecule has 2 fully saturated rings. The third kappa shape index (κ3) is 7.98. The predicted molar refractivity (Wildman–Crippen MR) is 98.0 cm³/mol. The lowest BCUT2D eigenvalue weighted by Gasteiger charge is -2.34. The molecular weight excluding hydrogens is 355 g/mol. The third-order valence-corrected chi connectivity index (χ3v) is 4.30. The molecule has 2 saturated heterocycles. The van der Waals surface area contributed by atoms with Crippen molar-refractivity contribution in [1.82, 2.24) is 20.4 Å². The van der Waals surface area contributed by atoms with E-state index in [9.17, 15) is 9.59 Å². The van der Waals surface area contributed by atoms with Crippen LogP contribution in [0.3, 0.4) is 0 Å². The molecule has 0 radical (unpaired) electrons. The van der Waals surface area contributed by atoms with Crippen molar-refractivity contribution < 1.29 is 14.3 Å². The number of nitrogens with one attached hydrogen (secondary N) is 2. The number of piperazine rings is 1. The first-order valence-electron chi connectivity index (χ1n) is 8.18. The van der Waals surface area contributed by atoms with Crippen molar-refractivity contribution in [3.8, 4) is 0 Å². The highest BCUT2D eigenvalue weighted by Crippen LogP contribution is 2.12. The maximum atomic E-state index is 12.2. The lowest BCUT2D eigenvalue weighted by Crippen LogP contribution is -2.51. The number of nitrogens with zero attached hydrogens (tertiary/aromatic N) is 2. The first-order valence-corrected chi connectivity index (χ1v) is 8.18. The van der Waals surface area contributed by atoms with Gasteiger partial charge in [-0.15, -0.1) is 24.8 Å². The molecule has 2 rings (SSSR count). The van der Waals surface area contributed by atoms with Gasteiger partial charge in [-0.05, 0) is 19.4 Å². The molecule has 0 saturated carbocycles. The Morgan fingerprint density at radius 2 is 1.92 bits per heavy atom. The Morgan fingerprint density at radius 3 is 2.50 bits per heavy atom. The largest absolute Gasteiger partial charge is 0.383 e. The fourth-order valence-corrected chi connectivity index (χ4v) is 2.98. The van der Waals surface area contributed by atoms with Gasteiger partial charge in [-0.3, -0.25) is 14.5 Å². The highest BCUT2D eigenvalue weighted by Gasteiger charge is 2.25. The highest BCUT2D eigenvalue weighted by atomic mass is 35.5. The molecule has 2 heterocycles. The van der Waals surface area contributed by atoms with E-state index in [4.69, 9.17) is 4.74 Å². The Balaban J connectivity index is 0.00000264. The molecule has 9 heteroatoms. The zero-order valence-electron chi connectivity index (χ0n) is 14.3. The summed E-state index contributed by atoms with van der Waals surface area (Å²) in [5.41, 5.74) is 0. The number of rotatable bonds is 7. The zero-order valence-corrected chi connectivity index (χ0v) is 15.9. The molecule has 24 heavy (non-hydrogen) atoms. The van der Waals surface area contributed by atoms with Crippen molar-refractivity contribution in [3.05, 3.63) is 0 Å². The Labute approximate surface area is 156 Å².